The third kappa shape index (κ3) is 2.80. The average molecular weight is 242 g/mol. The van der Waals surface area contributed by atoms with E-state index in [9.17, 15) is 19.2 Å². The van der Waals surface area contributed by atoms with Gasteiger partial charge in [0.15, 0.2) is 0 Å². The molecular formula is C10H14N2O5. The first-order valence-corrected chi connectivity index (χ1v) is 5.18. The monoisotopic (exact) mass is 242 g/mol. The smallest absolute Gasteiger partial charge is 0.322 e. The number of carboxylic acids is 1. The first-order chi connectivity index (χ1) is 7.84. The molecule has 2 unspecified atom stereocenters. The van der Waals surface area contributed by atoms with Gasteiger partial charge in [0, 0.05) is 11.8 Å². The maximum atomic E-state index is 11.6. The second-order valence-corrected chi connectivity index (χ2v) is 4.01. The molecule has 0 saturated carbocycles. The van der Waals surface area contributed by atoms with Crippen LogP contribution in [0.3, 0.4) is 0 Å². The van der Waals surface area contributed by atoms with Crippen LogP contribution in [0, 0.1) is 11.8 Å². The summed E-state index contributed by atoms with van der Waals surface area (Å²) in [5.41, 5.74) is 0. The van der Waals surface area contributed by atoms with E-state index in [0.717, 1.165) is 4.90 Å². The lowest BCUT2D eigenvalue weighted by atomic mass is 10.00. The van der Waals surface area contributed by atoms with E-state index >= 15 is 0 Å². The minimum Gasteiger partial charge on any atom is -0.480 e. The van der Waals surface area contributed by atoms with Crippen molar-refractivity contribution in [2.24, 2.45) is 11.8 Å². The summed E-state index contributed by atoms with van der Waals surface area (Å²) in [6.45, 7) is 2.31. The summed E-state index contributed by atoms with van der Waals surface area (Å²) in [5, 5.41) is 10.4. The van der Waals surface area contributed by atoms with Gasteiger partial charge in [-0.25, -0.2) is 0 Å². The fourth-order valence-electron chi connectivity index (χ4n) is 1.56. The van der Waals surface area contributed by atoms with Crippen LogP contribution in [0.5, 0.6) is 0 Å². The van der Waals surface area contributed by atoms with E-state index in [1.54, 1.807) is 13.8 Å². The molecule has 3 amide bonds. The quantitative estimate of drug-likeness (QED) is 0.604. The first kappa shape index (κ1) is 13.1. The molecule has 1 aliphatic heterocycles. The number of carbonyl (C=O) groups excluding carboxylic acids is 3. The minimum atomic E-state index is -1.18. The number of imide groups is 1. The van der Waals surface area contributed by atoms with E-state index in [1.165, 1.54) is 0 Å². The zero-order valence-electron chi connectivity index (χ0n) is 9.60. The summed E-state index contributed by atoms with van der Waals surface area (Å²) < 4.78 is 0. The summed E-state index contributed by atoms with van der Waals surface area (Å²) in [5.74, 6) is -3.50. The Bertz CT molecular complexity index is 359. The van der Waals surface area contributed by atoms with Gasteiger partial charge in [0.1, 0.15) is 13.1 Å². The van der Waals surface area contributed by atoms with Crippen LogP contribution in [0.4, 0.5) is 0 Å². The van der Waals surface area contributed by atoms with Crippen LogP contribution in [0.15, 0.2) is 0 Å². The van der Waals surface area contributed by atoms with Crippen molar-refractivity contribution >= 4 is 23.7 Å². The maximum Gasteiger partial charge on any atom is 0.322 e. The number of hydrogen-bond acceptors (Lipinski definition) is 4. The summed E-state index contributed by atoms with van der Waals surface area (Å²) in [7, 11) is 0. The molecular weight excluding hydrogens is 228 g/mol. The van der Waals surface area contributed by atoms with Crippen molar-refractivity contribution in [2.45, 2.75) is 13.8 Å². The van der Waals surface area contributed by atoms with E-state index in [4.69, 9.17) is 5.11 Å². The number of rotatable bonds is 4. The second-order valence-electron chi connectivity index (χ2n) is 4.01. The molecule has 17 heavy (non-hydrogen) atoms. The van der Waals surface area contributed by atoms with E-state index in [-0.39, 0.29) is 0 Å². The van der Waals surface area contributed by atoms with Crippen LogP contribution in [-0.4, -0.2) is 46.8 Å². The summed E-state index contributed by atoms with van der Waals surface area (Å²) in [4.78, 5) is 45.6. The number of carbonyl (C=O) groups is 4. The second kappa shape index (κ2) is 4.94. The van der Waals surface area contributed by atoms with Crippen molar-refractivity contribution < 1.29 is 24.3 Å². The zero-order valence-corrected chi connectivity index (χ0v) is 9.60. The van der Waals surface area contributed by atoms with Crippen molar-refractivity contribution in [1.82, 2.24) is 10.2 Å². The molecule has 0 radical (unpaired) electrons. The van der Waals surface area contributed by atoms with E-state index in [0.29, 0.717) is 0 Å². The number of nitrogens with zero attached hydrogens (tertiary/aromatic N) is 1. The fourth-order valence-corrected chi connectivity index (χ4v) is 1.56. The fraction of sp³-hybridized carbons (Fsp3) is 0.600. The Morgan fingerprint density at radius 3 is 2.12 bits per heavy atom. The van der Waals surface area contributed by atoms with Gasteiger partial charge in [-0.2, -0.15) is 0 Å². The van der Waals surface area contributed by atoms with Gasteiger partial charge in [-0.15, -0.1) is 0 Å². The molecule has 7 heteroatoms. The molecule has 2 atom stereocenters. The highest BCUT2D eigenvalue weighted by Crippen LogP contribution is 2.24. The highest BCUT2D eigenvalue weighted by Gasteiger charge is 2.42. The largest absolute Gasteiger partial charge is 0.480 e. The summed E-state index contributed by atoms with van der Waals surface area (Å²) >= 11 is 0. The number of carboxylic acid groups (broad SMARTS) is 1. The topological polar surface area (TPSA) is 104 Å². The van der Waals surface area contributed by atoms with Crippen molar-refractivity contribution in [3.8, 4) is 0 Å². The molecule has 1 fully saturated rings. The molecule has 1 rings (SSSR count). The Hall–Kier alpha value is -1.92. The lowest BCUT2D eigenvalue weighted by Gasteiger charge is -2.13. The molecule has 0 aromatic heterocycles. The number of likely N-dealkylation sites (tertiary alicyclic amines) is 1. The van der Waals surface area contributed by atoms with Crippen LogP contribution in [0.1, 0.15) is 13.8 Å². The Balaban J connectivity index is 2.57. The van der Waals surface area contributed by atoms with Gasteiger partial charge >= 0.3 is 5.97 Å². The molecule has 1 aliphatic rings. The maximum absolute atomic E-state index is 11.6. The van der Waals surface area contributed by atoms with Gasteiger partial charge in [0.25, 0.3) is 0 Å². The normalized spacial score (nSPS) is 24.0. The average Bonchev–Trinajstić information content (AvgIpc) is 2.44. The Kier molecular flexibility index (Phi) is 3.82. The summed E-state index contributed by atoms with van der Waals surface area (Å²) in [6, 6.07) is 0. The third-order valence-electron chi connectivity index (χ3n) is 2.80. The highest BCUT2D eigenvalue weighted by atomic mass is 16.4. The number of hydrogen-bond donors (Lipinski definition) is 2. The van der Waals surface area contributed by atoms with Crippen molar-refractivity contribution in [3.05, 3.63) is 0 Å². The van der Waals surface area contributed by atoms with Crippen molar-refractivity contribution in [1.29, 1.82) is 0 Å². The predicted octanol–water partition coefficient (Wildman–Crippen LogP) is -1.17. The molecule has 1 heterocycles. The Morgan fingerprint density at radius 2 is 1.71 bits per heavy atom. The zero-order chi connectivity index (χ0) is 13.2. The summed E-state index contributed by atoms with van der Waals surface area (Å²) in [6.07, 6.45) is 0. The minimum absolute atomic E-state index is 0.395. The SMILES string of the molecule is CC1C(=O)N(CC(=O)NCC(=O)O)C(=O)C1C. The molecule has 2 N–H and O–H groups in total. The van der Waals surface area contributed by atoms with E-state index in [1.807, 2.05) is 0 Å². The molecule has 0 aliphatic carbocycles. The molecule has 1 saturated heterocycles. The molecule has 0 aromatic carbocycles. The van der Waals surface area contributed by atoms with Crippen molar-refractivity contribution in [3.63, 3.8) is 0 Å². The molecule has 0 spiro atoms. The third-order valence-corrected chi connectivity index (χ3v) is 2.80. The lowest BCUT2D eigenvalue weighted by Crippen LogP contribution is -2.42. The van der Waals surface area contributed by atoms with Gasteiger partial charge in [0.2, 0.25) is 17.7 Å². The van der Waals surface area contributed by atoms with E-state index in [2.05, 4.69) is 5.32 Å². The van der Waals surface area contributed by atoms with Crippen LogP contribution in [0.25, 0.3) is 0 Å². The number of aliphatic carboxylic acids is 1. The number of nitrogens with one attached hydrogen (secondary N) is 1. The van der Waals surface area contributed by atoms with E-state index < -0.39 is 48.6 Å². The van der Waals surface area contributed by atoms with Crippen LogP contribution in [-0.2, 0) is 19.2 Å². The predicted molar refractivity (Wildman–Crippen MR) is 55.7 cm³/mol. The molecule has 94 valence electrons. The number of amides is 3. The van der Waals surface area contributed by atoms with Gasteiger partial charge < -0.3 is 10.4 Å². The highest BCUT2D eigenvalue weighted by molar-refractivity contribution is 6.07. The Labute approximate surface area is 97.8 Å². The van der Waals surface area contributed by atoms with Crippen molar-refractivity contribution in [2.75, 3.05) is 13.1 Å². The van der Waals surface area contributed by atoms with Gasteiger partial charge in [0.05, 0.1) is 0 Å². The standard InChI is InChI=1S/C10H14N2O5/c1-5-6(2)10(17)12(9(5)16)4-7(13)11-3-8(14)15/h5-6H,3-4H2,1-2H3,(H,11,13)(H,14,15). The van der Waals surface area contributed by atoms with Crippen LogP contribution >= 0.6 is 0 Å². The van der Waals surface area contributed by atoms with Gasteiger partial charge in [-0.3, -0.25) is 24.1 Å². The van der Waals surface area contributed by atoms with Crippen LogP contribution < -0.4 is 5.32 Å². The Morgan fingerprint density at radius 1 is 1.24 bits per heavy atom. The molecule has 7 nitrogen and oxygen atoms in total. The van der Waals surface area contributed by atoms with Gasteiger partial charge in [-0.1, -0.05) is 13.8 Å². The molecule has 0 bridgehead atoms. The van der Waals surface area contributed by atoms with Crippen LogP contribution in [0.2, 0.25) is 0 Å². The molecule has 0 aromatic rings. The first-order valence-electron chi connectivity index (χ1n) is 5.18. The lowest BCUT2D eigenvalue weighted by molar-refractivity contribution is -0.143. The van der Waals surface area contributed by atoms with Gasteiger partial charge in [-0.05, 0) is 0 Å².